The van der Waals surface area contributed by atoms with Gasteiger partial charge < -0.3 is 0 Å². The largest absolute Gasteiger partial charge is 0.249 e. The van der Waals surface area contributed by atoms with Crippen molar-refractivity contribution < 1.29 is 30.1 Å². The van der Waals surface area contributed by atoms with Gasteiger partial charge in [0, 0.05) is 0 Å². The molecule has 0 saturated heterocycles. The summed E-state index contributed by atoms with van der Waals surface area (Å²) < 4.78 is 0. The van der Waals surface area contributed by atoms with E-state index in [0.29, 0.717) is 0 Å². The maximum absolute atomic E-state index is 8.26. The summed E-state index contributed by atoms with van der Waals surface area (Å²) in [5.41, 5.74) is 0. The molecule has 0 saturated carbocycles. The van der Waals surface area contributed by atoms with E-state index in [0.717, 1.165) is 0 Å². The average Bonchev–Trinajstić information content (AvgIpc) is 2.02. The summed E-state index contributed by atoms with van der Waals surface area (Å²) in [5.74, 6) is -2.62. The molecule has 0 aliphatic heterocycles. The highest BCUT2D eigenvalue weighted by molar-refractivity contribution is 4.49. The monoisotopic (exact) mass is 182 g/mol. The highest BCUT2D eigenvalue weighted by Gasteiger charge is 2.28. The Balaban J connectivity index is 3.82. The third-order valence-corrected chi connectivity index (χ3v) is 0.883. The minimum absolute atomic E-state index is 1.31. The summed E-state index contributed by atoms with van der Waals surface area (Å²) >= 11 is 0. The third-order valence-electron chi connectivity index (χ3n) is 0.883. The van der Waals surface area contributed by atoms with Gasteiger partial charge in [0.2, 0.25) is 11.6 Å². The van der Waals surface area contributed by atoms with Gasteiger partial charge in [-0.15, -0.1) is 0 Å². The fourth-order valence-corrected chi connectivity index (χ4v) is 0.231. The molecule has 2 N–H and O–H groups in total. The van der Waals surface area contributed by atoms with Crippen molar-refractivity contribution in [3.05, 3.63) is 0 Å². The lowest BCUT2D eigenvalue weighted by Crippen LogP contribution is -2.35. The van der Waals surface area contributed by atoms with Gasteiger partial charge in [0.05, 0.1) is 0 Å². The SMILES string of the molecule is CC(C)(OO)OOC(C)(C)OO. The molecule has 0 heterocycles. The Bertz CT molecular complexity index is 116. The molecule has 0 aromatic rings. The number of hydrogen-bond acceptors (Lipinski definition) is 6. The summed E-state index contributed by atoms with van der Waals surface area (Å²) in [7, 11) is 0. The van der Waals surface area contributed by atoms with E-state index in [9.17, 15) is 0 Å². The van der Waals surface area contributed by atoms with Gasteiger partial charge in [-0.2, -0.15) is 9.78 Å². The molecule has 0 fully saturated rings. The van der Waals surface area contributed by atoms with E-state index in [-0.39, 0.29) is 0 Å². The van der Waals surface area contributed by atoms with Crippen molar-refractivity contribution >= 4 is 0 Å². The first-order valence-corrected chi connectivity index (χ1v) is 3.35. The van der Waals surface area contributed by atoms with Gasteiger partial charge in [-0.25, -0.2) is 20.3 Å². The number of rotatable bonds is 5. The second kappa shape index (κ2) is 4.13. The Morgan fingerprint density at radius 2 is 1.00 bits per heavy atom. The number of hydrogen-bond donors (Lipinski definition) is 2. The van der Waals surface area contributed by atoms with Crippen LogP contribution in [0.25, 0.3) is 0 Å². The van der Waals surface area contributed by atoms with Gasteiger partial charge in [-0.05, 0) is 27.7 Å². The highest BCUT2D eigenvalue weighted by Crippen LogP contribution is 2.16. The van der Waals surface area contributed by atoms with Crippen LogP contribution in [0.15, 0.2) is 0 Å². The van der Waals surface area contributed by atoms with Gasteiger partial charge in [-0.3, -0.25) is 0 Å². The Hall–Kier alpha value is -0.240. The maximum atomic E-state index is 8.26. The summed E-state index contributed by atoms with van der Waals surface area (Å²) in [6, 6.07) is 0. The molecule has 0 aromatic heterocycles. The summed E-state index contributed by atoms with van der Waals surface area (Å²) in [6.07, 6.45) is 0. The maximum Gasteiger partial charge on any atom is 0.228 e. The van der Waals surface area contributed by atoms with E-state index in [1.54, 1.807) is 0 Å². The topological polar surface area (TPSA) is 77.4 Å². The molecular formula is C6H14O6. The minimum atomic E-state index is -1.31. The van der Waals surface area contributed by atoms with Gasteiger partial charge in [0.15, 0.2) is 0 Å². The van der Waals surface area contributed by atoms with Gasteiger partial charge >= 0.3 is 0 Å². The van der Waals surface area contributed by atoms with Crippen LogP contribution in [-0.4, -0.2) is 22.1 Å². The average molecular weight is 182 g/mol. The van der Waals surface area contributed by atoms with Crippen LogP contribution in [0.1, 0.15) is 27.7 Å². The zero-order valence-electron chi connectivity index (χ0n) is 7.53. The van der Waals surface area contributed by atoms with Crippen LogP contribution in [0.5, 0.6) is 0 Å². The lowest BCUT2D eigenvalue weighted by Gasteiger charge is -2.25. The second-order valence-corrected chi connectivity index (χ2v) is 3.15. The van der Waals surface area contributed by atoms with E-state index in [4.69, 9.17) is 10.5 Å². The van der Waals surface area contributed by atoms with Crippen LogP contribution in [0.4, 0.5) is 0 Å². The minimum Gasteiger partial charge on any atom is -0.249 e. The lowest BCUT2D eigenvalue weighted by atomic mass is 10.4. The molecular weight excluding hydrogens is 168 g/mol. The van der Waals surface area contributed by atoms with E-state index in [2.05, 4.69) is 19.6 Å². The molecule has 0 amide bonds. The van der Waals surface area contributed by atoms with Crippen LogP contribution in [0.3, 0.4) is 0 Å². The van der Waals surface area contributed by atoms with E-state index in [1.165, 1.54) is 27.7 Å². The predicted octanol–water partition coefficient (Wildman–Crippen LogP) is 1.39. The lowest BCUT2D eigenvalue weighted by molar-refractivity contribution is -0.558. The molecule has 0 aliphatic carbocycles. The summed E-state index contributed by atoms with van der Waals surface area (Å²) in [5, 5.41) is 16.5. The van der Waals surface area contributed by atoms with Gasteiger partial charge in [-0.1, -0.05) is 0 Å². The van der Waals surface area contributed by atoms with Crippen molar-refractivity contribution in [1.29, 1.82) is 0 Å². The Labute approximate surface area is 70.4 Å². The standard InChI is InChI=1S/C6H14O6/c1-5(2,9-7)11-12-6(3,4)10-8/h7-8H,1-4H3. The molecule has 74 valence electrons. The van der Waals surface area contributed by atoms with Crippen molar-refractivity contribution in [2.75, 3.05) is 0 Å². The van der Waals surface area contributed by atoms with Crippen molar-refractivity contribution in [1.82, 2.24) is 0 Å². The Morgan fingerprint density at radius 1 is 0.750 bits per heavy atom. The fraction of sp³-hybridized carbons (Fsp3) is 1.00. The van der Waals surface area contributed by atoms with Crippen molar-refractivity contribution in [3.8, 4) is 0 Å². The molecule has 0 aromatic carbocycles. The molecule has 6 heteroatoms. The first kappa shape index (κ1) is 11.8. The van der Waals surface area contributed by atoms with Crippen LogP contribution in [-0.2, 0) is 19.6 Å². The zero-order chi connectivity index (χ0) is 9.83. The molecule has 0 spiro atoms. The fourth-order valence-electron chi connectivity index (χ4n) is 0.231. The quantitative estimate of drug-likeness (QED) is 0.380. The molecule has 0 unspecified atom stereocenters. The molecule has 6 nitrogen and oxygen atoms in total. The summed E-state index contributed by atoms with van der Waals surface area (Å²) in [4.78, 5) is 16.9. The third kappa shape index (κ3) is 4.60. The zero-order valence-corrected chi connectivity index (χ0v) is 7.53. The molecule has 12 heavy (non-hydrogen) atoms. The van der Waals surface area contributed by atoms with Crippen molar-refractivity contribution in [2.24, 2.45) is 0 Å². The van der Waals surface area contributed by atoms with Crippen LogP contribution < -0.4 is 0 Å². The normalized spacial score (nSPS) is 13.5. The van der Waals surface area contributed by atoms with Gasteiger partial charge in [0.1, 0.15) is 0 Å². The van der Waals surface area contributed by atoms with Crippen molar-refractivity contribution in [3.63, 3.8) is 0 Å². The Morgan fingerprint density at radius 3 is 1.17 bits per heavy atom. The highest BCUT2D eigenvalue weighted by atomic mass is 17.3. The molecule has 0 rings (SSSR count). The van der Waals surface area contributed by atoms with Gasteiger partial charge in [0.25, 0.3) is 0 Å². The summed E-state index contributed by atoms with van der Waals surface area (Å²) in [6.45, 7) is 5.67. The van der Waals surface area contributed by atoms with E-state index in [1.807, 2.05) is 0 Å². The van der Waals surface area contributed by atoms with Crippen LogP contribution in [0.2, 0.25) is 0 Å². The molecule has 0 radical (unpaired) electrons. The molecule has 0 atom stereocenters. The first-order chi connectivity index (χ1) is 5.33. The van der Waals surface area contributed by atoms with E-state index >= 15 is 0 Å². The molecule has 0 aliphatic rings. The predicted molar refractivity (Wildman–Crippen MR) is 37.8 cm³/mol. The van der Waals surface area contributed by atoms with Crippen LogP contribution >= 0.6 is 0 Å². The first-order valence-electron chi connectivity index (χ1n) is 3.35. The van der Waals surface area contributed by atoms with Crippen LogP contribution in [0, 0.1) is 0 Å². The van der Waals surface area contributed by atoms with Crippen molar-refractivity contribution in [2.45, 2.75) is 39.3 Å². The smallest absolute Gasteiger partial charge is 0.228 e. The second-order valence-electron chi connectivity index (χ2n) is 3.15. The Kier molecular flexibility index (Phi) is 4.04. The molecule has 0 bridgehead atoms. The van der Waals surface area contributed by atoms with E-state index < -0.39 is 11.6 Å².